The van der Waals surface area contributed by atoms with E-state index in [1.54, 1.807) is 25.3 Å². The molecule has 0 radical (unpaired) electrons. The smallest absolute Gasteiger partial charge is 0.411 e. The lowest BCUT2D eigenvalue weighted by molar-refractivity contribution is 0.148. The van der Waals surface area contributed by atoms with E-state index in [1.807, 2.05) is 13.0 Å². The lowest BCUT2D eigenvalue weighted by Gasteiger charge is -2.10. The number of carbonyl (C=O) groups is 1. The molecule has 94 valence electrons. The minimum Gasteiger partial charge on any atom is -0.497 e. The lowest BCUT2D eigenvalue weighted by Crippen LogP contribution is -2.18. The van der Waals surface area contributed by atoms with E-state index >= 15 is 0 Å². The van der Waals surface area contributed by atoms with Gasteiger partial charge in [-0.2, -0.15) is 0 Å². The fourth-order valence-electron chi connectivity index (χ4n) is 1.12. The van der Waals surface area contributed by atoms with Gasteiger partial charge in [0, 0.05) is 23.0 Å². The number of hydrogen-bond donors (Lipinski definition) is 1. The summed E-state index contributed by atoms with van der Waals surface area (Å²) in [6, 6.07) is 7.12. The second kappa shape index (κ2) is 7.17. The molecular formula is C12H16BrNO3. The van der Waals surface area contributed by atoms with Crippen molar-refractivity contribution in [1.82, 2.24) is 0 Å². The Kier molecular flexibility index (Phi) is 5.83. The average Bonchev–Trinajstić information content (AvgIpc) is 2.36. The largest absolute Gasteiger partial charge is 0.497 e. The SMILES string of the molecule is COc1cccc(NC(=O)OCC(C)CBr)c1. The predicted molar refractivity (Wildman–Crippen MR) is 70.9 cm³/mol. The molecule has 0 aliphatic carbocycles. The number of anilines is 1. The van der Waals surface area contributed by atoms with E-state index in [0.717, 1.165) is 5.33 Å². The molecule has 0 aliphatic heterocycles. The zero-order chi connectivity index (χ0) is 12.7. The van der Waals surface area contributed by atoms with Crippen molar-refractivity contribution < 1.29 is 14.3 Å². The Morgan fingerprint density at radius 2 is 2.29 bits per heavy atom. The zero-order valence-corrected chi connectivity index (χ0v) is 11.5. The van der Waals surface area contributed by atoms with Crippen molar-refractivity contribution in [3.63, 3.8) is 0 Å². The molecule has 0 bridgehead atoms. The Morgan fingerprint density at radius 1 is 1.53 bits per heavy atom. The van der Waals surface area contributed by atoms with Crippen LogP contribution in [-0.2, 0) is 4.74 Å². The van der Waals surface area contributed by atoms with Crippen LogP contribution in [0.4, 0.5) is 10.5 Å². The fourth-order valence-corrected chi connectivity index (χ4v) is 1.30. The Morgan fingerprint density at radius 3 is 2.94 bits per heavy atom. The van der Waals surface area contributed by atoms with Crippen molar-refractivity contribution in [2.45, 2.75) is 6.92 Å². The highest BCUT2D eigenvalue weighted by molar-refractivity contribution is 9.09. The van der Waals surface area contributed by atoms with Crippen LogP contribution in [0.5, 0.6) is 5.75 Å². The third-order valence-corrected chi connectivity index (χ3v) is 3.18. The first-order valence-corrected chi connectivity index (χ1v) is 6.41. The van der Waals surface area contributed by atoms with Gasteiger partial charge in [-0.25, -0.2) is 4.79 Å². The van der Waals surface area contributed by atoms with Gasteiger partial charge in [0.25, 0.3) is 0 Å². The third-order valence-electron chi connectivity index (χ3n) is 2.08. The van der Waals surface area contributed by atoms with Gasteiger partial charge in [-0.1, -0.05) is 28.9 Å². The molecule has 0 spiro atoms. The molecule has 1 unspecified atom stereocenters. The summed E-state index contributed by atoms with van der Waals surface area (Å²) in [5.41, 5.74) is 0.654. The van der Waals surface area contributed by atoms with Gasteiger partial charge in [0.05, 0.1) is 13.7 Å². The summed E-state index contributed by atoms with van der Waals surface area (Å²) in [5, 5.41) is 3.44. The number of nitrogens with one attached hydrogen (secondary N) is 1. The second-order valence-electron chi connectivity index (χ2n) is 3.71. The number of amides is 1. The summed E-state index contributed by atoms with van der Waals surface area (Å²) in [7, 11) is 1.58. The Labute approximate surface area is 109 Å². The number of halogens is 1. The summed E-state index contributed by atoms with van der Waals surface area (Å²) >= 11 is 3.32. The quantitative estimate of drug-likeness (QED) is 0.849. The maximum Gasteiger partial charge on any atom is 0.411 e. The van der Waals surface area contributed by atoms with Crippen molar-refractivity contribution >= 4 is 27.7 Å². The van der Waals surface area contributed by atoms with Gasteiger partial charge in [0.2, 0.25) is 0 Å². The van der Waals surface area contributed by atoms with E-state index in [2.05, 4.69) is 21.2 Å². The Hall–Kier alpha value is -1.23. The molecule has 1 amide bonds. The van der Waals surface area contributed by atoms with Crippen molar-refractivity contribution in [1.29, 1.82) is 0 Å². The first-order chi connectivity index (χ1) is 8.15. The number of carbonyl (C=O) groups excluding carboxylic acids is 1. The monoisotopic (exact) mass is 301 g/mol. The minimum absolute atomic E-state index is 0.297. The van der Waals surface area contributed by atoms with E-state index in [0.29, 0.717) is 24.0 Å². The molecule has 0 aromatic heterocycles. The number of alkyl halides is 1. The third kappa shape index (κ3) is 5.08. The van der Waals surface area contributed by atoms with Crippen LogP contribution < -0.4 is 10.1 Å². The topological polar surface area (TPSA) is 47.6 Å². The van der Waals surface area contributed by atoms with E-state index < -0.39 is 6.09 Å². The van der Waals surface area contributed by atoms with E-state index in [1.165, 1.54) is 0 Å². The van der Waals surface area contributed by atoms with Crippen LogP contribution in [0.3, 0.4) is 0 Å². The summed E-state index contributed by atoms with van der Waals surface area (Å²) in [6.07, 6.45) is -0.453. The standard InChI is InChI=1S/C12H16BrNO3/c1-9(7-13)8-17-12(15)14-10-4-3-5-11(6-10)16-2/h3-6,9H,7-8H2,1-2H3,(H,14,15). The normalized spacial score (nSPS) is 11.7. The lowest BCUT2D eigenvalue weighted by atomic mass is 10.2. The number of methoxy groups -OCH3 is 1. The van der Waals surface area contributed by atoms with Gasteiger partial charge < -0.3 is 9.47 Å². The molecule has 0 saturated carbocycles. The van der Waals surface area contributed by atoms with Gasteiger partial charge >= 0.3 is 6.09 Å². The van der Waals surface area contributed by atoms with Crippen LogP contribution in [0.15, 0.2) is 24.3 Å². The molecule has 1 rings (SSSR count). The highest BCUT2D eigenvalue weighted by atomic mass is 79.9. The van der Waals surface area contributed by atoms with Crippen molar-refractivity contribution in [3.8, 4) is 5.75 Å². The minimum atomic E-state index is -0.453. The summed E-state index contributed by atoms with van der Waals surface area (Å²) in [5.74, 6) is 0.989. The summed E-state index contributed by atoms with van der Waals surface area (Å²) in [6.45, 7) is 2.38. The van der Waals surface area contributed by atoms with E-state index in [9.17, 15) is 4.79 Å². The van der Waals surface area contributed by atoms with Gasteiger partial charge in [-0.3, -0.25) is 5.32 Å². The van der Waals surface area contributed by atoms with Crippen LogP contribution in [0, 0.1) is 5.92 Å². The number of ether oxygens (including phenoxy) is 2. The van der Waals surface area contributed by atoms with Crippen LogP contribution in [0.2, 0.25) is 0 Å². The average molecular weight is 302 g/mol. The second-order valence-corrected chi connectivity index (χ2v) is 4.36. The van der Waals surface area contributed by atoms with Gasteiger partial charge in [-0.05, 0) is 12.1 Å². The van der Waals surface area contributed by atoms with Crippen LogP contribution >= 0.6 is 15.9 Å². The molecule has 1 N–H and O–H groups in total. The highest BCUT2D eigenvalue weighted by Gasteiger charge is 2.06. The van der Waals surface area contributed by atoms with Crippen molar-refractivity contribution in [3.05, 3.63) is 24.3 Å². The molecule has 5 heteroatoms. The van der Waals surface area contributed by atoms with Gasteiger partial charge in [0.1, 0.15) is 5.75 Å². The van der Waals surface area contributed by atoms with Crippen LogP contribution in [0.1, 0.15) is 6.92 Å². The predicted octanol–water partition coefficient (Wildman–Crippen LogP) is 3.27. The van der Waals surface area contributed by atoms with Crippen LogP contribution in [0.25, 0.3) is 0 Å². The molecular weight excluding hydrogens is 286 g/mol. The number of hydrogen-bond acceptors (Lipinski definition) is 3. The number of rotatable bonds is 5. The highest BCUT2D eigenvalue weighted by Crippen LogP contribution is 2.16. The zero-order valence-electron chi connectivity index (χ0n) is 9.90. The van der Waals surface area contributed by atoms with Gasteiger partial charge in [-0.15, -0.1) is 0 Å². The molecule has 1 aromatic carbocycles. The summed E-state index contributed by atoms with van der Waals surface area (Å²) < 4.78 is 10.1. The summed E-state index contributed by atoms with van der Waals surface area (Å²) in [4.78, 5) is 11.4. The molecule has 0 fully saturated rings. The molecule has 0 saturated heterocycles. The molecule has 0 aliphatic rings. The molecule has 1 aromatic rings. The van der Waals surface area contributed by atoms with E-state index in [-0.39, 0.29) is 0 Å². The first kappa shape index (κ1) is 13.8. The molecule has 4 nitrogen and oxygen atoms in total. The maximum absolute atomic E-state index is 11.4. The Bertz CT molecular complexity index is 371. The fraction of sp³-hybridized carbons (Fsp3) is 0.417. The van der Waals surface area contributed by atoms with Crippen LogP contribution in [-0.4, -0.2) is 25.1 Å². The first-order valence-electron chi connectivity index (χ1n) is 5.29. The molecule has 1 atom stereocenters. The number of benzene rings is 1. The van der Waals surface area contributed by atoms with E-state index in [4.69, 9.17) is 9.47 Å². The molecule has 0 heterocycles. The Balaban J connectivity index is 2.44. The molecule has 17 heavy (non-hydrogen) atoms. The maximum atomic E-state index is 11.4. The van der Waals surface area contributed by atoms with Gasteiger partial charge in [0.15, 0.2) is 0 Å². The van der Waals surface area contributed by atoms with Crippen molar-refractivity contribution in [2.24, 2.45) is 5.92 Å². The van der Waals surface area contributed by atoms with Crippen molar-refractivity contribution in [2.75, 3.05) is 24.4 Å².